The maximum atomic E-state index is 10.3. The molecule has 0 bridgehead atoms. The minimum Gasteiger partial charge on any atom is -0.507 e. The van der Waals surface area contributed by atoms with Gasteiger partial charge in [0.05, 0.1) is 12.3 Å². The molecule has 0 amide bonds. The van der Waals surface area contributed by atoms with Crippen LogP contribution in [0.1, 0.15) is 22.3 Å². The van der Waals surface area contributed by atoms with E-state index < -0.39 is 0 Å². The highest BCUT2D eigenvalue weighted by molar-refractivity contribution is 5.89. The third-order valence-corrected chi connectivity index (χ3v) is 3.24. The van der Waals surface area contributed by atoms with Gasteiger partial charge in [-0.1, -0.05) is 24.3 Å². The molecule has 108 valence electrons. The van der Waals surface area contributed by atoms with Crippen LogP contribution < -0.4 is 0 Å². The van der Waals surface area contributed by atoms with E-state index in [4.69, 9.17) is 0 Å². The van der Waals surface area contributed by atoms with E-state index in [0.717, 1.165) is 11.3 Å². The van der Waals surface area contributed by atoms with Crippen LogP contribution >= 0.6 is 0 Å². The number of aliphatic imine (C=N–C) groups is 1. The van der Waals surface area contributed by atoms with E-state index in [0.29, 0.717) is 16.7 Å². The fraction of sp³-hybridized carbons (Fsp3) is 0.167. The van der Waals surface area contributed by atoms with Crippen LogP contribution in [0.15, 0.2) is 48.0 Å². The summed E-state index contributed by atoms with van der Waals surface area (Å²) < 4.78 is 0. The molecule has 2 aromatic carbocycles. The summed E-state index contributed by atoms with van der Waals surface area (Å²) in [6, 6.07) is 11.5. The molecule has 0 heterocycles. The first kappa shape index (κ1) is 15.0. The minimum atomic E-state index is -0.189. The molecule has 0 saturated heterocycles. The standard InChI is InChI=1S/C18H19NO2/c1-12-4-6-16(7-5-12)19-10-15-8-13(2)9-17(18(15)21)14(3)11-20/h4-10,20-21H,3,11H2,1-2H3. The maximum Gasteiger partial charge on any atom is 0.131 e. The highest BCUT2D eigenvalue weighted by atomic mass is 16.3. The molecule has 21 heavy (non-hydrogen) atoms. The summed E-state index contributed by atoms with van der Waals surface area (Å²) in [5.41, 5.74) is 4.63. The zero-order valence-corrected chi connectivity index (χ0v) is 12.3. The number of aliphatic hydroxyl groups excluding tert-OH is 1. The summed E-state index contributed by atoms with van der Waals surface area (Å²) in [6.45, 7) is 7.52. The molecule has 0 fully saturated rings. The molecule has 0 aromatic heterocycles. The lowest BCUT2D eigenvalue weighted by Crippen LogP contribution is -1.94. The van der Waals surface area contributed by atoms with Crippen LogP contribution in [0, 0.1) is 13.8 Å². The number of aliphatic hydroxyl groups is 1. The molecule has 0 aliphatic carbocycles. The van der Waals surface area contributed by atoms with Crippen molar-refractivity contribution < 1.29 is 10.2 Å². The number of rotatable bonds is 4. The first-order valence-corrected chi connectivity index (χ1v) is 6.74. The maximum absolute atomic E-state index is 10.3. The van der Waals surface area contributed by atoms with Gasteiger partial charge in [0.15, 0.2) is 0 Å². The zero-order valence-electron chi connectivity index (χ0n) is 12.3. The second-order valence-electron chi connectivity index (χ2n) is 5.11. The third kappa shape index (κ3) is 3.58. The van der Waals surface area contributed by atoms with Gasteiger partial charge in [-0.25, -0.2) is 0 Å². The van der Waals surface area contributed by atoms with Gasteiger partial charge in [-0.15, -0.1) is 0 Å². The van der Waals surface area contributed by atoms with Crippen LogP contribution in [0.25, 0.3) is 5.57 Å². The Labute approximate surface area is 124 Å². The zero-order chi connectivity index (χ0) is 15.4. The van der Waals surface area contributed by atoms with Crippen molar-refractivity contribution in [1.82, 2.24) is 0 Å². The Kier molecular flexibility index (Phi) is 4.55. The first-order chi connectivity index (χ1) is 10.0. The second-order valence-corrected chi connectivity index (χ2v) is 5.11. The van der Waals surface area contributed by atoms with Crippen LogP contribution in [-0.2, 0) is 0 Å². The Morgan fingerprint density at radius 1 is 1.14 bits per heavy atom. The Morgan fingerprint density at radius 3 is 2.43 bits per heavy atom. The van der Waals surface area contributed by atoms with E-state index in [1.54, 1.807) is 12.3 Å². The quantitative estimate of drug-likeness (QED) is 0.838. The number of hydrogen-bond acceptors (Lipinski definition) is 3. The van der Waals surface area contributed by atoms with E-state index in [-0.39, 0.29) is 12.4 Å². The molecule has 2 rings (SSSR count). The first-order valence-electron chi connectivity index (χ1n) is 6.74. The molecule has 0 saturated carbocycles. The lowest BCUT2D eigenvalue weighted by molar-refractivity contribution is 0.349. The van der Waals surface area contributed by atoms with Gasteiger partial charge in [0.25, 0.3) is 0 Å². The predicted molar refractivity (Wildman–Crippen MR) is 87.4 cm³/mol. The summed E-state index contributed by atoms with van der Waals surface area (Å²) in [5.74, 6) is 0.0931. The molecule has 0 atom stereocenters. The van der Waals surface area contributed by atoms with Crippen LogP contribution in [0.5, 0.6) is 5.75 Å². The van der Waals surface area contributed by atoms with Crippen LogP contribution in [0.4, 0.5) is 5.69 Å². The summed E-state index contributed by atoms with van der Waals surface area (Å²) >= 11 is 0. The average molecular weight is 281 g/mol. The SMILES string of the molecule is C=C(CO)c1cc(C)cc(C=Nc2ccc(C)cc2)c1O. The number of aryl methyl sites for hydroxylation is 2. The lowest BCUT2D eigenvalue weighted by atomic mass is 10.0. The molecule has 0 aliphatic heterocycles. The van der Waals surface area contributed by atoms with Crippen molar-refractivity contribution >= 4 is 17.5 Å². The summed E-state index contributed by atoms with van der Waals surface area (Å²) in [4.78, 5) is 4.37. The van der Waals surface area contributed by atoms with E-state index >= 15 is 0 Å². The normalized spacial score (nSPS) is 11.0. The highest BCUT2D eigenvalue weighted by Gasteiger charge is 2.09. The van der Waals surface area contributed by atoms with Gasteiger partial charge in [-0.3, -0.25) is 4.99 Å². The molecular formula is C18H19NO2. The topological polar surface area (TPSA) is 52.8 Å². The van der Waals surface area contributed by atoms with Gasteiger partial charge >= 0.3 is 0 Å². The number of phenols is 1. The fourth-order valence-electron chi connectivity index (χ4n) is 2.03. The Hall–Kier alpha value is -2.39. The summed E-state index contributed by atoms with van der Waals surface area (Å²) in [5, 5.41) is 19.5. The van der Waals surface area contributed by atoms with Gasteiger partial charge < -0.3 is 10.2 Å². The van der Waals surface area contributed by atoms with Crippen LogP contribution in [0.2, 0.25) is 0 Å². The number of phenolic OH excluding ortho intramolecular Hbond substituents is 1. The molecule has 3 nitrogen and oxygen atoms in total. The van der Waals surface area contributed by atoms with E-state index in [2.05, 4.69) is 11.6 Å². The van der Waals surface area contributed by atoms with Crippen LogP contribution in [-0.4, -0.2) is 23.0 Å². The van der Waals surface area contributed by atoms with Crippen LogP contribution in [0.3, 0.4) is 0 Å². The summed E-state index contributed by atoms with van der Waals surface area (Å²) in [6.07, 6.45) is 1.63. The number of benzene rings is 2. The summed E-state index contributed by atoms with van der Waals surface area (Å²) in [7, 11) is 0. The second kappa shape index (κ2) is 6.37. The largest absolute Gasteiger partial charge is 0.507 e. The fourth-order valence-corrected chi connectivity index (χ4v) is 2.03. The molecular weight excluding hydrogens is 262 g/mol. The molecule has 0 spiro atoms. The number of aromatic hydroxyl groups is 1. The van der Waals surface area contributed by atoms with E-state index in [1.165, 1.54) is 5.56 Å². The van der Waals surface area contributed by atoms with Crippen molar-refractivity contribution in [2.75, 3.05) is 6.61 Å². The smallest absolute Gasteiger partial charge is 0.131 e. The molecule has 0 aliphatic rings. The van der Waals surface area contributed by atoms with Gasteiger partial charge in [0, 0.05) is 17.3 Å². The molecule has 0 unspecified atom stereocenters. The number of hydrogen-bond donors (Lipinski definition) is 2. The van der Waals surface area contributed by atoms with Gasteiger partial charge in [0.1, 0.15) is 5.75 Å². The van der Waals surface area contributed by atoms with Crippen molar-refractivity contribution in [2.45, 2.75) is 13.8 Å². The van der Waals surface area contributed by atoms with E-state index in [1.807, 2.05) is 44.2 Å². The van der Waals surface area contributed by atoms with Crippen molar-refractivity contribution in [3.8, 4) is 5.75 Å². The van der Waals surface area contributed by atoms with Crippen molar-refractivity contribution in [3.63, 3.8) is 0 Å². The Morgan fingerprint density at radius 2 is 1.81 bits per heavy atom. The molecule has 2 N–H and O–H groups in total. The van der Waals surface area contributed by atoms with E-state index in [9.17, 15) is 10.2 Å². The minimum absolute atomic E-state index is 0.0931. The number of nitrogens with zero attached hydrogens (tertiary/aromatic N) is 1. The van der Waals surface area contributed by atoms with Crippen molar-refractivity contribution in [3.05, 3.63) is 65.2 Å². The van der Waals surface area contributed by atoms with Crippen molar-refractivity contribution in [2.24, 2.45) is 4.99 Å². The lowest BCUT2D eigenvalue weighted by Gasteiger charge is -2.10. The monoisotopic (exact) mass is 281 g/mol. The van der Waals surface area contributed by atoms with Gasteiger partial charge in [-0.2, -0.15) is 0 Å². The molecule has 2 aromatic rings. The van der Waals surface area contributed by atoms with Crippen molar-refractivity contribution in [1.29, 1.82) is 0 Å². The molecule has 3 heteroatoms. The average Bonchev–Trinajstić information content (AvgIpc) is 2.48. The van der Waals surface area contributed by atoms with Gasteiger partial charge in [0.2, 0.25) is 0 Å². The third-order valence-electron chi connectivity index (χ3n) is 3.24. The molecule has 0 radical (unpaired) electrons. The van der Waals surface area contributed by atoms with Gasteiger partial charge in [-0.05, 0) is 49.2 Å². The Bertz CT molecular complexity index is 685. The Balaban J connectivity index is 2.37. The highest BCUT2D eigenvalue weighted by Crippen LogP contribution is 2.29. The predicted octanol–water partition coefficient (Wildman–Crippen LogP) is 3.77.